The fourth-order valence-corrected chi connectivity index (χ4v) is 3.57. The summed E-state index contributed by atoms with van der Waals surface area (Å²) in [5, 5.41) is 8.59. The number of hydrogen-bond donors (Lipinski definition) is 1. The maximum Gasteiger partial charge on any atom is 0.235 e. The Hall–Kier alpha value is -1.51. The van der Waals surface area contributed by atoms with E-state index in [9.17, 15) is 8.42 Å². The Morgan fingerprint density at radius 2 is 1.94 bits per heavy atom. The molecule has 4 nitrogen and oxygen atoms in total. The van der Waals surface area contributed by atoms with E-state index in [4.69, 9.17) is 5.11 Å². The van der Waals surface area contributed by atoms with Crippen molar-refractivity contribution in [2.24, 2.45) is 0 Å². The predicted molar refractivity (Wildman–Crippen MR) is 70.8 cm³/mol. The van der Waals surface area contributed by atoms with Gasteiger partial charge in [0.25, 0.3) is 0 Å². The first-order chi connectivity index (χ1) is 8.63. The number of aliphatic hydroxyl groups excluding tert-OH is 1. The van der Waals surface area contributed by atoms with E-state index in [-0.39, 0.29) is 12.4 Å². The molecule has 0 aliphatic carbocycles. The Balaban J connectivity index is 2.24. The van der Waals surface area contributed by atoms with Crippen LogP contribution in [0.2, 0.25) is 0 Å². The Kier molecular flexibility index (Phi) is 3.90. The first-order valence-electron chi connectivity index (χ1n) is 5.84. The highest BCUT2D eigenvalue weighted by Crippen LogP contribution is 2.23. The zero-order valence-corrected chi connectivity index (χ0v) is 10.8. The number of rotatable bonds is 1. The molecule has 1 aromatic rings. The third-order valence-electron chi connectivity index (χ3n) is 2.82. The second kappa shape index (κ2) is 5.42. The van der Waals surface area contributed by atoms with Crippen molar-refractivity contribution in [3.05, 3.63) is 29.8 Å². The molecule has 1 N–H and O–H groups in total. The molecule has 0 amide bonds. The van der Waals surface area contributed by atoms with Gasteiger partial charge in [0.1, 0.15) is 6.61 Å². The summed E-state index contributed by atoms with van der Waals surface area (Å²) in [6.45, 7) is 0.367. The average Bonchev–Trinajstić information content (AvgIpc) is 2.37. The topological polar surface area (TPSA) is 57.6 Å². The third kappa shape index (κ3) is 2.84. The van der Waals surface area contributed by atoms with Crippen LogP contribution in [0.3, 0.4) is 0 Å². The molecule has 96 valence electrons. The van der Waals surface area contributed by atoms with Crippen LogP contribution in [0.4, 0.5) is 5.69 Å². The second-order valence-corrected chi connectivity index (χ2v) is 6.11. The Morgan fingerprint density at radius 3 is 2.56 bits per heavy atom. The molecule has 0 saturated carbocycles. The molecule has 0 unspecified atom stereocenters. The molecule has 18 heavy (non-hydrogen) atoms. The highest BCUT2D eigenvalue weighted by molar-refractivity contribution is 7.92. The highest BCUT2D eigenvalue weighted by Gasteiger charge is 2.25. The molecule has 0 radical (unpaired) electrons. The first-order valence-corrected chi connectivity index (χ1v) is 7.44. The fraction of sp³-hybridized carbons (Fsp3) is 0.385. The van der Waals surface area contributed by atoms with E-state index < -0.39 is 10.0 Å². The molecule has 1 aliphatic rings. The number of sulfonamides is 1. The zero-order valence-electron chi connectivity index (χ0n) is 9.96. The highest BCUT2D eigenvalue weighted by atomic mass is 32.2. The number of aliphatic hydroxyl groups is 1. The lowest BCUT2D eigenvalue weighted by molar-refractivity contribution is 0.350. The van der Waals surface area contributed by atoms with Crippen LogP contribution < -0.4 is 4.31 Å². The predicted octanol–water partition coefficient (Wildman–Crippen LogP) is 0.960. The van der Waals surface area contributed by atoms with E-state index in [1.54, 1.807) is 24.3 Å². The molecule has 1 aromatic carbocycles. The number of nitrogens with zero attached hydrogens (tertiary/aromatic N) is 1. The van der Waals surface area contributed by atoms with Crippen molar-refractivity contribution < 1.29 is 13.5 Å². The monoisotopic (exact) mass is 265 g/mol. The molecule has 5 heteroatoms. The normalized spacial score (nSPS) is 17.9. The van der Waals surface area contributed by atoms with Crippen molar-refractivity contribution in [1.82, 2.24) is 0 Å². The van der Waals surface area contributed by atoms with Crippen LogP contribution in [0.25, 0.3) is 0 Å². The van der Waals surface area contributed by atoms with Crippen LogP contribution in [-0.2, 0) is 10.0 Å². The fourth-order valence-electron chi connectivity index (χ4n) is 1.93. The summed E-state index contributed by atoms with van der Waals surface area (Å²) in [4.78, 5) is 0. The maximum absolute atomic E-state index is 11.9. The summed E-state index contributed by atoms with van der Waals surface area (Å²) in [5.41, 5.74) is 1.45. The quantitative estimate of drug-likeness (QED) is 0.769. The Bertz CT molecular complexity index is 566. The number of hydrogen-bond acceptors (Lipinski definition) is 3. The average molecular weight is 265 g/mol. The molecule has 1 aliphatic heterocycles. The van der Waals surface area contributed by atoms with Gasteiger partial charge in [0.05, 0.1) is 11.4 Å². The second-order valence-electron chi connectivity index (χ2n) is 4.10. The van der Waals surface area contributed by atoms with Crippen LogP contribution in [0.15, 0.2) is 24.3 Å². The maximum atomic E-state index is 11.9. The lowest BCUT2D eigenvalue weighted by atomic mass is 10.2. The van der Waals surface area contributed by atoms with Crippen molar-refractivity contribution in [2.45, 2.75) is 12.8 Å². The van der Waals surface area contributed by atoms with Gasteiger partial charge in [0, 0.05) is 12.1 Å². The van der Waals surface area contributed by atoms with Crippen molar-refractivity contribution in [3.8, 4) is 11.8 Å². The van der Waals surface area contributed by atoms with E-state index in [1.807, 2.05) is 0 Å². The molecular formula is C13H15NO3S. The lowest BCUT2D eigenvalue weighted by Crippen LogP contribution is -2.37. The van der Waals surface area contributed by atoms with E-state index in [1.165, 1.54) is 4.31 Å². The van der Waals surface area contributed by atoms with Crippen LogP contribution in [0.5, 0.6) is 0 Å². The van der Waals surface area contributed by atoms with E-state index in [0.717, 1.165) is 18.4 Å². The van der Waals surface area contributed by atoms with Gasteiger partial charge in [0.2, 0.25) is 10.0 Å². The Morgan fingerprint density at radius 1 is 1.22 bits per heavy atom. The summed E-state index contributed by atoms with van der Waals surface area (Å²) in [5.74, 6) is 5.55. The first kappa shape index (κ1) is 12.9. The zero-order chi connectivity index (χ0) is 13.0. The molecule has 1 saturated heterocycles. The molecule has 1 fully saturated rings. The van der Waals surface area contributed by atoms with Crippen LogP contribution in [0.1, 0.15) is 18.4 Å². The number of anilines is 1. The summed E-state index contributed by atoms with van der Waals surface area (Å²) < 4.78 is 25.3. The lowest BCUT2D eigenvalue weighted by Gasteiger charge is -2.28. The summed E-state index contributed by atoms with van der Waals surface area (Å²) in [7, 11) is -3.15. The van der Waals surface area contributed by atoms with Crippen LogP contribution >= 0.6 is 0 Å². The molecule has 0 spiro atoms. The third-order valence-corrected chi connectivity index (χ3v) is 4.69. The van der Waals surface area contributed by atoms with E-state index in [0.29, 0.717) is 12.2 Å². The molecule has 0 aromatic heterocycles. The van der Waals surface area contributed by atoms with E-state index >= 15 is 0 Å². The van der Waals surface area contributed by atoms with Crippen molar-refractivity contribution >= 4 is 15.7 Å². The molecular weight excluding hydrogens is 250 g/mol. The minimum absolute atomic E-state index is 0.178. The largest absolute Gasteiger partial charge is 0.384 e. The minimum Gasteiger partial charge on any atom is -0.384 e. The summed E-state index contributed by atoms with van der Waals surface area (Å²) in [6.07, 6.45) is 1.63. The molecule has 1 heterocycles. The van der Waals surface area contributed by atoms with Gasteiger partial charge in [-0.15, -0.1) is 0 Å². The summed E-state index contributed by atoms with van der Waals surface area (Å²) >= 11 is 0. The SMILES string of the molecule is O=S1(=O)CCCCN1c1ccc(C#CCO)cc1. The van der Waals surface area contributed by atoms with Gasteiger partial charge in [-0.3, -0.25) is 4.31 Å². The van der Waals surface area contributed by atoms with Gasteiger partial charge in [-0.05, 0) is 37.1 Å². The smallest absolute Gasteiger partial charge is 0.235 e. The van der Waals surface area contributed by atoms with Crippen molar-refractivity contribution in [1.29, 1.82) is 0 Å². The van der Waals surface area contributed by atoms with Gasteiger partial charge in [0.15, 0.2) is 0 Å². The van der Waals surface area contributed by atoms with Gasteiger partial charge >= 0.3 is 0 Å². The van der Waals surface area contributed by atoms with Crippen LogP contribution in [-0.4, -0.2) is 32.4 Å². The van der Waals surface area contributed by atoms with Crippen molar-refractivity contribution in [2.75, 3.05) is 23.2 Å². The van der Waals surface area contributed by atoms with Crippen molar-refractivity contribution in [3.63, 3.8) is 0 Å². The molecule has 2 rings (SSSR count). The molecule has 0 atom stereocenters. The van der Waals surface area contributed by atoms with Gasteiger partial charge in [-0.2, -0.15) is 0 Å². The minimum atomic E-state index is -3.15. The van der Waals surface area contributed by atoms with Gasteiger partial charge in [-0.1, -0.05) is 11.8 Å². The van der Waals surface area contributed by atoms with E-state index in [2.05, 4.69) is 11.8 Å². The van der Waals surface area contributed by atoms with Gasteiger partial charge in [-0.25, -0.2) is 8.42 Å². The standard InChI is InChI=1S/C13H15NO3S/c15-10-3-4-12-5-7-13(8-6-12)14-9-1-2-11-18(14,16)17/h5-8,15H,1-2,9-11H2. The molecule has 0 bridgehead atoms. The Labute approximate surface area is 107 Å². The van der Waals surface area contributed by atoms with Crippen LogP contribution in [0, 0.1) is 11.8 Å². The summed E-state index contributed by atoms with van der Waals surface area (Å²) in [6, 6.07) is 7.04. The number of benzene rings is 1. The van der Waals surface area contributed by atoms with Gasteiger partial charge < -0.3 is 5.11 Å².